The van der Waals surface area contributed by atoms with Crippen molar-refractivity contribution in [3.8, 4) is 0 Å². The predicted molar refractivity (Wildman–Crippen MR) is 398 cm³/mol. The van der Waals surface area contributed by atoms with Crippen molar-refractivity contribution in [1.82, 2.24) is 76.8 Å². The number of carboxylic acids is 1. The summed E-state index contributed by atoms with van der Waals surface area (Å²) in [5, 5.41) is 51.8. The number of nitrogens with zero attached hydrogens (tertiary/aromatic N) is 6. The molecule has 582 valence electrons. The van der Waals surface area contributed by atoms with E-state index < -0.39 is 162 Å². The molecule has 19 N–H and O–H groups in total. The molecular weight excluding hydrogens is 1400 g/mol. The molecule has 0 radical (unpaired) electrons. The summed E-state index contributed by atoms with van der Waals surface area (Å²) in [4.78, 5) is 194. The molecule has 4 aliphatic heterocycles. The predicted octanol–water partition coefficient (Wildman–Crippen LogP) is -1.36. The maximum absolute atomic E-state index is 14.9. The van der Waals surface area contributed by atoms with Crippen LogP contribution in [-0.4, -0.2) is 262 Å². The van der Waals surface area contributed by atoms with Crippen LogP contribution in [0.2, 0.25) is 0 Å². The SMILES string of the molecule is C.CSCC[C@H](NC(=O)[C@@H]1CCCN1C(=O)[C@@H]1CCCN1C(=O)[C@H](CCCN=C(N)N)NC(=O)[C@H](Cc1cnc[nH]1)NC(=O)[C@@H](N)[C@@H](C)O)C(=O)N[C@@H](Cc1c[nH]c2ccccc12)C(=O)N[C@@H](CO)C(=O)N1CCC[C@H]1C(=O)N[C@H](C(=O)N[C@@H](Cc1c[nH]c2ccccc12)C(=O)N1CCC[C@H]1C(=O)O)C(C)C. The number of fused-ring (bicyclic) bond motifs is 2. The molecule has 0 unspecified atom stereocenters. The Morgan fingerprint density at radius 2 is 1.06 bits per heavy atom. The average molecular weight is 1510 g/mol. The van der Waals surface area contributed by atoms with Crippen LogP contribution < -0.4 is 54.4 Å². The van der Waals surface area contributed by atoms with E-state index in [9.17, 15) is 72.9 Å². The number of guanidine groups is 1. The lowest BCUT2D eigenvalue weighted by atomic mass is 9.99. The number of likely N-dealkylation sites (tertiary alicyclic amines) is 4. The molecule has 0 saturated carbocycles. The molecule has 4 aliphatic rings. The van der Waals surface area contributed by atoms with E-state index in [1.165, 1.54) is 50.8 Å². The molecule has 107 heavy (non-hydrogen) atoms. The second-order valence-corrected chi connectivity index (χ2v) is 28.8. The molecule has 0 spiro atoms. The van der Waals surface area contributed by atoms with Crippen molar-refractivity contribution < 1.29 is 72.9 Å². The number of nitrogens with one attached hydrogen (secondary N) is 10. The summed E-state index contributed by atoms with van der Waals surface area (Å²) < 4.78 is 0. The van der Waals surface area contributed by atoms with Crippen molar-refractivity contribution in [1.29, 1.82) is 0 Å². The van der Waals surface area contributed by atoms with Gasteiger partial charge in [-0.3, -0.25) is 57.7 Å². The molecule has 5 aromatic rings. The Labute approximate surface area is 623 Å². The van der Waals surface area contributed by atoms with Gasteiger partial charge in [0.25, 0.3) is 0 Å². The van der Waals surface area contributed by atoms with Crippen LogP contribution in [0.25, 0.3) is 21.8 Å². The molecule has 0 bridgehead atoms. The Bertz CT molecular complexity index is 3990. The second kappa shape index (κ2) is 38.4. The van der Waals surface area contributed by atoms with Crippen LogP contribution in [0.1, 0.15) is 116 Å². The van der Waals surface area contributed by atoms with Crippen LogP contribution in [0, 0.1) is 5.92 Å². The number of hydrogen-bond acceptors (Lipinski definition) is 18. The zero-order valence-electron chi connectivity index (χ0n) is 59.9. The van der Waals surface area contributed by atoms with Gasteiger partial charge in [-0.25, -0.2) is 9.78 Å². The van der Waals surface area contributed by atoms with Gasteiger partial charge in [-0.15, -0.1) is 0 Å². The first-order chi connectivity index (χ1) is 50.8. The number of aliphatic imine (C=N–C) groups is 1. The average Bonchev–Trinajstić information content (AvgIpc) is 1.76. The van der Waals surface area contributed by atoms with Gasteiger partial charge in [-0.2, -0.15) is 11.8 Å². The number of H-pyrrole nitrogens is 3. The smallest absolute Gasteiger partial charge is 0.326 e. The quantitative estimate of drug-likeness (QED) is 0.0127. The lowest BCUT2D eigenvalue weighted by Gasteiger charge is -2.34. The number of carboxylic acid groups (broad SMARTS) is 1. The molecule has 13 atom stereocenters. The Morgan fingerprint density at radius 1 is 0.579 bits per heavy atom. The maximum Gasteiger partial charge on any atom is 0.326 e. The van der Waals surface area contributed by atoms with Crippen molar-refractivity contribution in [2.75, 3.05) is 51.3 Å². The van der Waals surface area contributed by atoms with Crippen molar-refractivity contribution in [2.45, 2.75) is 197 Å². The highest BCUT2D eigenvalue weighted by molar-refractivity contribution is 7.98. The lowest BCUT2D eigenvalue weighted by Crippen LogP contribution is -2.61. The van der Waals surface area contributed by atoms with Gasteiger partial charge in [0.15, 0.2) is 5.96 Å². The van der Waals surface area contributed by atoms with Gasteiger partial charge in [0, 0.05) is 98.1 Å². The number of hydrogen-bond donors (Lipinski definition) is 16. The van der Waals surface area contributed by atoms with E-state index >= 15 is 0 Å². The van der Waals surface area contributed by atoms with Crippen LogP contribution in [0.3, 0.4) is 0 Å². The summed E-state index contributed by atoms with van der Waals surface area (Å²) in [6, 6.07) is -0.834. The summed E-state index contributed by atoms with van der Waals surface area (Å²) in [7, 11) is 0. The number of amides is 11. The van der Waals surface area contributed by atoms with Crippen LogP contribution in [-0.2, 0) is 76.8 Å². The zero-order chi connectivity index (χ0) is 76.5. The van der Waals surface area contributed by atoms with Gasteiger partial charge in [0.05, 0.1) is 19.0 Å². The first kappa shape index (κ1) is 82.5. The maximum atomic E-state index is 14.9. The van der Waals surface area contributed by atoms with E-state index in [2.05, 4.69) is 62.1 Å². The Kier molecular flexibility index (Phi) is 29.6. The molecule has 7 heterocycles. The van der Waals surface area contributed by atoms with Crippen LogP contribution in [0.4, 0.5) is 0 Å². The van der Waals surface area contributed by atoms with Gasteiger partial charge in [-0.1, -0.05) is 57.7 Å². The molecule has 0 aliphatic carbocycles. The molecule has 2 aromatic carbocycles. The number of para-hydroxylation sites is 2. The molecule has 11 amide bonds. The summed E-state index contributed by atoms with van der Waals surface area (Å²) in [6.45, 7) is 4.21. The van der Waals surface area contributed by atoms with Crippen molar-refractivity contribution in [3.05, 3.63) is 90.3 Å². The molecular formula is C72H103N19O15S. The summed E-state index contributed by atoms with van der Waals surface area (Å²) in [5.74, 6) is -9.70. The minimum absolute atomic E-state index is 0. The second-order valence-electron chi connectivity index (χ2n) is 27.8. The standard InChI is InChI=1S/C71H99N19O15S.CH4/c1-38(2)58(65(99)84-51(67(101)90-28-13-22-56(90)70(104)105)31-41-34-78-46-17-8-6-15-44(41)46)86-63(97)54-20-10-25-87(54)68(102)52(36-91)85-60(94)49(30-40-33-77-45-16-7-5-14-43(40)45)82-59(93)47(23-29-106-4)80-62(96)53-19-11-26-88(53)69(103)55-21-12-27-89(55)66(100)48(18-9-24-76-71(73)74)81-61(95)50(32-42-35-75-37-79-42)83-64(98)57(72)39(3)92;/h5-8,14-17,33-35,37-39,47-58,77-78,91-92H,9-13,18-32,36,72H2,1-4H3,(H,75,79)(H,80,96)(H,81,95)(H,82,93)(H,83,98)(H,84,99)(H,85,94)(H,86,97)(H,104,105)(H4,73,74,76);1H4/t39-,47+,48+,49+,50+,51+,52+,53+,54+,55+,56+,57+,58+;/m1./s1. The fourth-order valence-electron chi connectivity index (χ4n) is 14.3. The van der Waals surface area contributed by atoms with Crippen LogP contribution in [0.15, 0.2) is 78.4 Å². The normalized spacial score (nSPS) is 19.6. The Balaban J connectivity index is 0.0000144. The number of aliphatic carboxylic acids is 1. The van der Waals surface area contributed by atoms with E-state index in [0.717, 1.165) is 10.9 Å². The Morgan fingerprint density at radius 3 is 1.62 bits per heavy atom. The number of carbonyl (C=O) groups excluding carboxylic acids is 11. The molecule has 34 nitrogen and oxygen atoms in total. The highest BCUT2D eigenvalue weighted by Crippen LogP contribution is 2.29. The molecule has 3 aromatic heterocycles. The number of thioether (sulfide) groups is 1. The number of imidazole rings is 1. The summed E-state index contributed by atoms with van der Waals surface area (Å²) >= 11 is 1.38. The third-order valence-electron chi connectivity index (χ3n) is 20.0. The van der Waals surface area contributed by atoms with Crippen molar-refractivity contribution in [3.63, 3.8) is 0 Å². The summed E-state index contributed by atoms with van der Waals surface area (Å²) in [6.07, 6.45) is 8.95. The van der Waals surface area contributed by atoms with Crippen molar-refractivity contribution >= 4 is 110 Å². The largest absolute Gasteiger partial charge is 0.480 e. The summed E-state index contributed by atoms with van der Waals surface area (Å²) in [5.41, 5.74) is 20.3. The molecule has 35 heteroatoms. The number of aromatic amines is 3. The number of aromatic nitrogens is 4. The van der Waals surface area contributed by atoms with Crippen LogP contribution in [0.5, 0.6) is 0 Å². The third-order valence-corrected chi connectivity index (χ3v) is 20.7. The van der Waals surface area contributed by atoms with E-state index in [1.807, 2.05) is 42.5 Å². The lowest BCUT2D eigenvalue weighted by molar-refractivity contribution is -0.149. The van der Waals surface area contributed by atoms with E-state index in [4.69, 9.17) is 17.2 Å². The fourth-order valence-corrected chi connectivity index (χ4v) is 14.8. The zero-order valence-corrected chi connectivity index (χ0v) is 60.7. The minimum Gasteiger partial charge on any atom is -0.480 e. The van der Waals surface area contributed by atoms with Gasteiger partial charge in [0.1, 0.15) is 72.5 Å². The molecule has 9 rings (SSSR count). The highest BCUT2D eigenvalue weighted by atomic mass is 32.2. The number of aliphatic hydroxyl groups excluding tert-OH is 2. The van der Waals surface area contributed by atoms with E-state index in [1.54, 1.807) is 38.6 Å². The monoisotopic (exact) mass is 1510 g/mol. The van der Waals surface area contributed by atoms with E-state index in [0.29, 0.717) is 59.2 Å². The first-order valence-electron chi connectivity index (χ1n) is 36.0. The number of nitrogens with two attached hydrogens (primary N) is 3. The fraction of sp³-hybridized carbons (Fsp3) is 0.556. The number of benzene rings is 2. The minimum atomic E-state index is -1.67. The van der Waals surface area contributed by atoms with Gasteiger partial charge < -0.3 is 104 Å². The van der Waals surface area contributed by atoms with Crippen molar-refractivity contribution in [2.24, 2.45) is 28.1 Å². The first-order valence-corrected chi connectivity index (χ1v) is 37.4. The third kappa shape index (κ3) is 20.7. The molecule has 4 saturated heterocycles. The Hall–Kier alpha value is -10.1. The number of carbonyl (C=O) groups is 12. The van der Waals surface area contributed by atoms with E-state index in [-0.39, 0.29) is 110 Å². The van der Waals surface area contributed by atoms with Gasteiger partial charge in [-0.05, 0) is 119 Å². The van der Waals surface area contributed by atoms with Crippen LogP contribution >= 0.6 is 11.8 Å². The van der Waals surface area contributed by atoms with Gasteiger partial charge >= 0.3 is 5.97 Å². The topological polar surface area (TPSA) is 513 Å². The van der Waals surface area contributed by atoms with Gasteiger partial charge in [0.2, 0.25) is 65.0 Å². The molecule has 4 fully saturated rings. The number of aliphatic hydroxyl groups is 2. The highest BCUT2D eigenvalue weighted by Gasteiger charge is 2.47. The number of rotatable bonds is 35.